The number of hydrogen-bond acceptors (Lipinski definition) is 1. The monoisotopic (exact) mass is 393 g/mol. The second-order valence-corrected chi connectivity index (χ2v) is 8.05. The molecule has 0 aliphatic carbocycles. The topological polar surface area (TPSA) is 3.24 Å². The molecule has 0 radical (unpaired) electrons. The summed E-state index contributed by atoms with van der Waals surface area (Å²) in [5.74, 6) is 0. The zero-order valence-corrected chi connectivity index (χ0v) is 18.8. The minimum atomic E-state index is 0.889. The Hall–Kier alpha value is -3.32. The quantitative estimate of drug-likeness (QED) is 0.386. The van der Waals surface area contributed by atoms with Gasteiger partial charge in [0.2, 0.25) is 0 Å². The summed E-state index contributed by atoms with van der Waals surface area (Å²) in [7, 11) is 2.11. The van der Waals surface area contributed by atoms with E-state index < -0.39 is 0 Å². The van der Waals surface area contributed by atoms with Crippen LogP contribution < -0.4 is 4.90 Å². The van der Waals surface area contributed by atoms with Gasteiger partial charge in [-0.15, -0.1) is 0 Å². The van der Waals surface area contributed by atoms with Gasteiger partial charge >= 0.3 is 0 Å². The van der Waals surface area contributed by atoms with E-state index in [4.69, 9.17) is 0 Å². The highest BCUT2D eigenvalue weighted by atomic mass is 15.1. The Balaban J connectivity index is 2.03. The van der Waals surface area contributed by atoms with Crippen molar-refractivity contribution >= 4 is 11.4 Å². The lowest BCUT2D eigenvalue weighted by molar-refractivity contribution is 1.18. The molecule has 0 bridgehead atoms. The molecule has 0 aromatic heterocycles. The largest absolute Gasteiger partial charge is 0.344 e. The molecule has 0 heterocycles. The Morgan fingerprint density at radius 2 is 1.40 bits per heavy atom. The number of aryl methyl sites for hydroxylation is 4. The Bertz CT molecular complexity index is 1110. The van der Waals surface area contributed by atoms with Crippen LogP contribution in [-0.2, 0) is 0 Å². The van der Waals surface area contributed by atoms with E-state index in [0.29, 0.717) is 0 Å². The summed E-state index contributed by atoms with van der Waals surface area (Å²) >= 11 is 0. The van der Waals surface area contributed by atoms with Gasteiger partial charge in [0, 0.05) is 18.4 Å². The zero-order valence-electron chi connectivity index (χ0n) is 18.8. The van der Waals surface area contributed by atoms with Crippen LogP contribution in [-0.4, -0.2) is 7.05 Å². The molecule has 0 aliphatic rings. The summed E-state index contributed by atoms with van der Waals surface area (Å²) in [6.07, 6.45) is 3.89. The van der Waals surface area contributed by atoms with Crippen LogP contribution >= 0.6 is 0 Å². The first-order chi connectivity index (χ1) is 14.3. The summed E-state index contributed by atoms with van der Waals surface area (Å²) in [6.45, 7) is 16.6. The highest BCUT2D eigenvalue weighted by molar-refractivity contribution is 5.83. The summed E-state index contributed by atoms with van der Waals surface area (Å²) in [5.41, 5.74) is 11.9. The lowest BCUT2D eigenvalue weighted by atomic mass is 9.97. The average molecular weight is 394 g/mol. The highest BCUT2D eigenvalue weighted by Crippen LogP contribution is 2.31. The van der Waals surface area contributed by atoms with Gasteiger partial charge in [0.1, 0.15) is 0 Å². The molecule has 0 saturated carbocycles. The van der Waals surface area contributed by atoms with E-state index in [9.17, 15) is 0 Å². The zero-order chi connectivity index (χ0) is 21.8. The molecular weight excluding hydrogens is 362 g/mol. The van der Waals surface area contributed by atoms with Crippen LogP contribution in [0.25, 0.3) is 16.8 Å². The minimum Gasteiger partial charge on any atom is -0.344 e. The molecular formula is C29H31N. The van der Waals surface area contributed by atoms with Crippen LogP contribution in [0.3, 0.4) is 0 Å². The Labute approximate surface area is 181 Å². The molecule has 3 aromatic rings. The molecule has 0 amide bonds. The van der Waals surface area contributed by atoms with Gasteiger partial charge < -0.3 is 4.90 Å². The van der Waals surface area contributed by atoms with Crippen molar-refractivity contribution < 1.29 is 0 Å². The van der Waals surface area contributed by atoms with Crippen molar-refractivity contribution in [3.05, 3.63) is 119 Å². The van der Waals surface area contributed by atoms with Crippen LogP contribution in [0.1, 0.15) is 27.8 Å². The molecule has 0 aliphatic heterocycles. The number of benzene rings is 3. The molecule has 30 heavy (non-hydrogen) atoms. The van der Waals surface area contributed by atoms with E-state index in [1.54, 1.807) is 6.08 Å². The lowest BCUT2D eigenvalue weighted by Crippen LogP contribution is -2.16. The summed E-state index contributed by atoms with van der Waals surface area (Å²) in [5, 5.41) is 0. The molecule has 3 aromatic carbocycles. The van der Waals surface area contributed by atoms with E-state index in [1.165, 1.54) is 39.1 Å². The van der Waals surface area contributed by atoms with Gasteiger partial charge in [-0.05, 0) is 73.2 Å². The molecule has 0 spiro atoms. The summed E-state index contributed by atoms with van der Waals surface area (Å²) < 4.78 is 0. The molecule has 152 valence electrons. The first-order valence-electron chi connectivity index (χ1n) is 10.3. The third-order valence-corrected chi connectivity index (χ3v) is 5.53. The number of anilines is 1. The predicted octanol–water partition coefficient (Wildman–Crippen LogP) is 7.81. The summed E-state index contributed by atoms with van der Waals surface area (Å²) in [4.78, 5) is 2.23. The van der Waals surface area contributed by atoms with Crippen molar-refractivity contribution in [2.45, 2.75) is 27.7 Å². The van der Waals surface area contributed by atoms with Gasteiger partial charge in [0.05, 0.1) is 0 Å². The van der Waals surface area contributed by atoms with E-state index in [1.807, 2.05) is 0 Å². The van der Waals surface area contributed by atoms with E-state index in [0.717, 1.165) is 16.8 Å². The van der Waals surface area contributed by atoms with Crippen LogP contribution in [0.2, 0.25) is 0 Å². The van der Waals surface area contributed by atoms with Crippen molar-refractivity contribution in [2.24, 2.45) is 0 Å². The van der Waals surface area contributed by atoms with Crippen LogP contribution in [0.15, 0.2) is 91.5 Å². The fourth-order valence-corrected chi connectivity index (χ4v) is 3.88. The van der Waals surface area contributed by atoms with Crippen molar-refractivity contribution in [1.82, 2.24) is 0 Å². The molecule has 3 rings (SSSR count). The molecule has 0 unspecified atom stereocenters. The van der Waals surface area contributed by atoms with Crippen molar-refractivity contribution in [3.63, 3.8) is 0 Å². The van der Waals surface area contributed by atoms with Crippen LogP contribution in [0.4, 0.5) is 5.69 Å². The lowest BCUT2D eigenvalue weighted by Gasteiger charge is -2.26. The summed E-state index contributed by atoms with van der Waals surface area (Å²) in [6, 6.07) is 21.9. The Morgan fingerprint density at radius 3 is 1.97 bits per heavy atom. The molecule has 0 N–H and O–H groups in total. The number of allylic oxidation sites excluding steroid dienone is 3. The van der Waals surface area contributed by atoms with E-state index in [2.05, 4.69) is 120 Å². The Kier molecular flexibility index (Phi) is 6.42. The van der Waals surface area contributed by atoms with Crippen molar-refractivity contribution in [3.8, 4) is 11.1 Å². The number of hydrogen-bond donors (Lipinski definition) is 0. The van der Waals surface area contributed by atoms with E-state index >= 15 is 0 Å². The normalized spacial score (nSPS) is 11.3. The van der Waals surface area contributed by atoms with Gasteiger partial charge in [-0.3, -0.25) is 0 Å². The fourth-order valence-electron chi connectivity index (χ4n) is 3.88. The maximum Gasteiger partial charge on any atom is 0.0487 e. The van der Waals surface area contributed by atoms with Crippen molar-refractivity contribution in [1.29, 1.82) is 0 Å². The SMILES string of the molecule is C=CC(=C)/C=C(/c1ccc(-c2ccc(C)cc2C)cc1)N(C)c1ccc(C)cc1C. The minimum absolute atomic E-state index is 0.889. The van der Waals surface area contributed by atoms with Crippen molar-refractivity contribution in [2.75, 3.05) is 11.9 Å². The second-order valence-electron chi connectivity index (χ2n) is 8.05. The first kappa shape index (κ1) is 21.4. The standard InChI is InChI=1S/C29H31N/c1-8-20(2)19-29(30(7)28-16-10-22(4)18-24(28)6)26-13-11-25(12-14-26)27-15-9-21(3)17-23(27)5/h8-19H,1-2H2,3-7H3/b29-19-. The molecule has 0 saturated heterocycles. The second kappa shape index (κ2) is 9.00. The third-order valence-electron chi connectivity index (χ3n) is 5.53. The van der Waals surface area contributed by atoms with Gasteiger partial charge in [-0.2, -0.15) is 0 Å². The maximum atomic E-state index is 4.11. The molecule has 1 nitrogen and oxygen atoms in total. The first-order valence-corrected chi connectivity index (χ1v) is 10.3. The van der Waals surface area contributed by atoms with Gasteiger partial charge in [-0.25, -0.2) is 0 Å². The average Bonchev–Trinajstić information content (AvgIpc) is 2.71. The molecule has 0 atom stereocenters. The third kappa shape index (κ3) is 4.63. The fraction of sp³-hybridized carbons (Fsp3) is 0.172. The highest BCUT2D eigenvalue weighted by Gasteiger charge is 2.13. The smallest absolute Gasteiger partial charge is 0.0487 e. The number of nitrogens with zero attached hydrogens (tertiary/aromatic N) is 1. The maximum absolute atomic E-state index is 4.11. The van der Waals surface area contributed by atoms with Gasteiger partial charge in [0.15, 0.2) is 0 Å². The van der Waals surface area contributed by atoms with Crippen LogP contribution in [0, 0.1) is 27.7 Å². The van der Waals surface area contributed by atoms with Gasteiger partial charge in [0.25, 0.3) is 0 Å². The Morgan fingerprint density at radius 1 is 0.800 bits per heavy atom. The van der Waals surface area contributed by atoms with E-state index in [-0.39, 0.29) is 0 Å². The van der Waals surface area contributed by atoms with Gasteiger partial charge in [-0.1, -0.05) is 85.0 Å². The number of rotatable bonds is 6. The van der Waals surface area contributed by atoms with Crippen LogP contribution in [0.5, 0.6) is 0 Å². The molecule has 0 fully saturated rings. The predicted molar refractivity (Wildman–Crippen MR) is 133 cm³/mol. The molecule has 1 heteroatoms.